The van der Waals surface area contributed by atoms with Gasteiger partial charge < -0.3 is 10.6 Å². The summed E-state index contributed by atoms with van der Waals surface area (Å²) in [5.41, 5.74) is 5.56. The van der Waals surface area contributed by atoms with Crippen LogP contribution in [-0.4, -0.2) is 37.9 Å². The van der Waals surface area contributed by atoms with E-state index in [-0.39, 0.29) is 23.0 Å². The van der Waals surface area contributed by atoms with Gasteiger partial charge in [0.15, 0.2) is 0 Å². The number of carbonyl (C=O) groups excluding carboxylic acids is 2. The van der Waals surface area contributed by atoms with Crippen LogP contribution in [0.15, 0.2) is 60.7 Å². The van der Waals surface area contributed by atoms with Gasteiger partial charge in [0.1, 0.15) is 8.07 Å². The molecule has 1 heterocycles. The zero-order valence-corrected chi connectivity index (χ0v) is 17.3. The third kappa shape index (κ3) is 3.44. The standard InChI is InChI=1S/C22H28N2O2Si/c1-22(2,3)27(17-10-6-4-7-11-17,18-12-8-5-9-13-18)19-14-21(26)24(15-19)16-20(23)25/h4-13,19H,14-16H2,1-3H3,(H2,23,25). The highest BCUT2D eigenvalue weighted by Crippen LogP contribution is 2.47. The first-order valence-corrected chi connectivity index (χ1v) is 11.5. The highest BCUT2D eigenvalue weighted by Gasteiger charge is 2.56. The van der Waals surface area contributed by atoms with E-state index in [1.54, 1.807) is 4.90 Å². The van der Waals surface area contributed by atoms with Gasteiger partial charge in [-0.25, -0.2) is 0 Å². The Morgan fingerprint density at radius 2 is 1.52 bits per heavy atom. The number of nitrogens with two attached hydrogens (primary N) is 1. The summed E-state index contributed by atoms with van der Waals surface area (Å²) < 4.78 is 0. The van der Waals surface area contributed by atoms with Crippen LogP contribution in [0.5, 0.6) is 0 Å². The van der Waals surface area contributed by atoms with Crippen molar-refractivity contribution in [2.45, 2.75) is 37.8 Å². The molecule has 0 bridgehead atoms. The van der Waals surface area contributed by atoms with Gasteiger partial charge in [-0.3, -0.25) is 9.59 Å². The first kappa shape index (κ1) is 19.4. The van der Waals surface area contributed by atoms with Crippen LogP contribution in [-0.2, 0) is 9.59 Å². The molecular weight excluding hydrogens is 352 g/mol. The zero-order chi connectivity index (χ0) is 19.7. The molecule has 2 amide bonds. The van der Waals surface area contributed by atoms with Gasteiger partial charge in [-0.1, -0.05) is 91.8 Å². The zero-order valence-electron chi connectivity index (χ0n) is 16.3. The number of carbonyl (C=O) groups is 2. The summed E-state index contributed by atoms with van der Waals surface area (Å²) in [6.07, 6.45) is 0.473. The van der Waals surface area contributed by atoms with Crippen molar-refractivity contribution in [2.24, 2.45) is 5.73 Å². The molecule has 1 atom stereocenters. The smallest absolute Gasteiger partial charge is 0.237 e. The molecule has 3 rings (SSSR count). The SMILES string of the molecule is CC(C)(C)[Si](c1ccccc1)(c1ccccc1)C1CC(=O)N(CC(N)=O)C1. The van der Waals surface area contributed by atoms with Crippen molar-refractivity contribution >= 4 is 30.3 Å². The Labute approximate surface area is 162 Å². The van der Waals surface area contributed by atoms with Crippen LogP contribution in [0.4, 0.5) is 0 Å². The number of nitrogens with zero attached hydrogens (tertiary/aromatic N) is 1. The van der Waals surface area contributed by atoms with Gasteiger partial charge >= 0.3 is 0 Å². The van der Waals surface area contributed by atoms with Crippen LogP contribution in [0.3, 0.4) is 0 Å². The van der Waals surface area contributed by atoms with Gasteiger partial charge in [-0.2, -0.15) is 0 Å². The lowest BCUT2D eigenvalue weighted by Gasteiger charge is -2.48. The van der Waals surface area contributed by atoms with Crippen molar-refractivity contribution in [3.63, 3.8) is 0 Å². The third-order valence-electron chi connectivity index (χ3n) is 5.81. The first-order chi connectivity index (χ1) is 12.8. The van der Waals surface area contributed by atoms with Gasteiger partial charge in [-0.15, -0.1) is 0 Å². The second kappa shape index (κ2) is 7.31. The van der Waals surface area contributed by atoms with Crippen LogP contribution in [0.2, 0.25) is 10.6 Å². The summed E-state index contributed by atoms with van der Waals surface area (Å²) in [5.74, 6) is -0.418. The van der Waals surface area contributed by atoms with Gasteiger partial charge in [0.05, 0.1) is 6.54 Å². The maximum absolute atomic E-state index is 12.7. The minimum atomic E-state index is -2.37. The van der Waals surface area contributed by atoms with Crippen LogP contribution >= 0.6 is 0 Å². The maximum Gasteiger partial charge on any atom is 0.237 e. The average molecular weight is 381 g/mol. The number of hydrogen-bond donors (Lipinski definition) is 1. The lowest BCUT2D eigenvalue weighted by atomic mass is 10.2. The van der Waals surface area contributed by atoms with E-state index in [0.29, 0.717) is 13.0 Å². The van der Waals surface area contributed by atoms with Crippen molar-refractivity contribution in [2.75, 3.05) is 13.1 Å². The molecule has 0 spiro atoms. The Kier molecular flexibility index (Phi) is 5.24. The molecule has 2 N–H and O–H groups in total. The molecule has 1 fully saturated rings. The van der Waals surface area contributed by atoms with E-state index in [9.17, 15) is 9.59 Å². The normalized spacial score (nSPS) is 18.0. The Morgan fingerprint density at radius 3 is 1.93 bits per heavy atom. The van der Waals surface area contributed by atoms with Gasteiger partial charge in [0, 0.05) is 13.0 Å². The first-order valence-electron chi connectivity index (χ1n) is 9.44. The summed E-state index contributed by atoms with van der Waals surface area (Å²) in [6.45, 7) is 7.48. The van der Waals surface area contributed by atoms with Crippen molar-refractivity contribution in [3.05, 3.63) is 60.7 Å². The van der Waals surface area contributed by atoms with Crippen molar-refractivity contribution in [3.8, 4) is 0 Å². The molecule has 1 saturated heterocycles. The van der Waals surface area contributed by atoms with E-state index in [2.05, 4.69) is 69.3 Å². The molecule has 1 unspecified atom stereocenters. The highest BCUT2D eigenvalue weighted by molar-refractivity contribution is 7.05. The maximum atomic E-state index is 12.7. The molecule has 0 aliphatic carbocycles. The van der Waals surface area contributed by atoms with Crippen molar-refractivity contribution in [1.82, 2.24) is 4.90 Å². The molecule has 0 aromatic heterocycles. The fraction of sp³-hybridized carbons (Fsp3) is 0.364. The Bertz CT molecular complexity index is 776. The quantitative estimate of drug-likeness (QED) is 0.808. The fourth-order valence-corrected chi connectivity index (χ4v) is 11.6. The predicted octanol–water partition coefficient (Wildman–Crippen LogP) is 2.14. The number of benzene rings is 2. The number of rotatable bonds is 5. The lowest BCUT2D eigenvalue weighted by molar-refractivity contribution is -0.132. The van der Waals surface area contributed by atoms with Crippen LogP contribution in [0.25, 0.3) is 0 Å². The van der Waals surface area contributed by atoms with Crippen LogP contribution in [0, 0.1) is 0 Å². The fourth-order valence-electron chi connectivity index (χ4n) is 4.92. The number of hydrogen-bond acceptors (Lipinski definition) is 2. The van der Waals surface area contributed by atoms with E-state index in [1.807, 2.05) is 12.1 Å². The molecule has 5 heteroatoms. The van der Waals surface area contributed by atoms with E-state index in [0.717, 1.165) is 0 Å². The summed E-state index contributed by atoms with van der Waals surface area (Å²) in [5, 5.41) is 2.66. The Balaban J connectivity index is 2.19. The van der Waals surface area contributed by atoms with Crippen LogP contribution < -0.4 is 16.1 Å². The minimum absolute atomic E-state index is 0.00748. The van der Waals surface area contributed by atoms with E-state index >= 15 is 0 Å². The molecule has 2 aromatic carbocycles. The van der Waals surface area contributed by atoms with Crippen molar-refractivity contribution in [1.29, 1.82) is 0 Å². The van der Waals surface area contributed by atoms with E-state index < -0.39 is 14.0 Å². The molecule has 0 radical (unpaired) electrons. The topological polar surface area (TPSA) is 63.4 Å². The number of likely N-dealkylation sites (tertiary alicyclic amines) is 1. The Morgan fingerprint density at radius 1 is 1.04 bits per heavy atom. The molecule has 142 valence electrons. The summed E-state index contributed by atoms with van der Waals surface area (Å²) in [6, 6.07) is 21.3. The van der Waals surface area contributed by atoms with Crippen LogP contribution in [0.1, 0.15) is 27.2 Å². The second-order valence-corrected chi connectivity index (χ2v) is 13.5. The van der Waals surface area contributed by atoms with E-state index in [4.69, 9.17) is 5.73 Å². The average Bonchev–Trinajstić information content (AvgIpc) is 2.96. The summed E-state index contributed by atoms with van der Waals surface area (Å²) >= 11 is 0. The van der Waals surface area contributed by atoms with Gasteiger partial charge in [-0.05, 0) is 10.6 Å². The second-order valence-electron chi connectivity index (χ2n) is 8.43. The van der Waals surface area contributed by atoms with Crippen molar-refractivity contribution < 1.29 is 9.59 Å². The predicted molar refractivity (Wildman–Crippen MR) is 112 cm³/mol. The Hall–Kier alpha value is -2.40. The third-order valence-corrected chi connectivity index (χ3v) is 12.3. The summed E-state index contributed by atoms with van der Waals surface area (Å²) in [7, 11) is -2.37. The molecule has 1 aliphatic rings. The molecule has 27 heavy (non-hydrogen) atoms. The molecule has 4 nitrogen and oxygen atoms in total. The monoisotopic (exact) mass is 380 g/mol. The molecule has 2 aromatic rings. The van der Waals surface area contributed by atoms with E-state index in [1.165, 1.54) is 10.4 Å². The molecule has 0 saturated carbocycles. The van der Waals surface area contributed by atoms with Gasteiger partial charge in [0.25, 0.3) is 0 Å². The molecule has 1 aliphatic heterocycles. The minimum Gasteiger partial charge on any atom is -0.368 e. The summed E-state index contributed by atoms with van der Waals surface area (Å²) in [4.78, 5) is 25.8. The largest absolute Gasteiger partial charge is 0.368 e. The lowest BCUT2D eigenvalue weighted by Crippen LogP contribution is -2.67. The number of amides is 2. The highest BCUT2D eigenvalue weighted by atomic mass is 28.3. The molecular formula is C22H28N2O2Si. The van der Waals surface area contributed by atoms with Gasteiger partial charge in [0.2, 0.25) is 11.8 Å². The number of primary amides is 1.